The molecule has 1 aromatic heterocycles. The van der Waals surface area contributed by atoms with Gasteiger partial charge in [-0.05, 0) is 23.8 Å². The zero-order valence-corrected chi connectivity index (χ0v) is 9.86. The fraction of sp³-hybridized carbons (Fsp3) is 0.200. The van der Waals surface area contributed by atoms with Crippen molar-refractivity contribution in [3.05, 3.63) is 35.0 Å². The standard InChI is InChI=1S/C10H12N2S2/c1-4-8(9-6-5-7-14-9)12-10(11-2)13-3/h4-7H,1H2,2-3H3/b11-10?,12-8+. The fourth-order valence-corrected chi connectivity index (χ4v) is 2.00. The van der Waals surface area contributed by atoms with Crippen LogP contribution in [0, 0.1) is 0 Å². The van der Waals surface area contributed by atoms with E-state index in [1.165, 1.54) is 11.8 Å². The van der Waals surface area contributed by atoms with Crippen LogP contribution >= 0.6 is 23.1 Å². The Labute approximate surface area is 92.5 Å². The third kappa shape index (κ3) is 2.82. The highest BCUT2D eigenvalue weighted by atomic mass is 32.2. The van der Waals surface area contributed by atoms with Gasteiger partial charge in [0.25, 0.3) is 0 Å². The second-order valence-corrected chi connectivity index (χ2v) is 4.11. The molecule has 0 aliphatic carbocycles. The molecule has 0 aliphatic heterocycles. The van der Waals surface area contributed by atoms with Crippen LogP contribution in [0.4, 0.5) is 0 Å². The first kappa shape index (κ1) is 11.2. The van der Waals surface area contributed by atoms with Crippen LogP contribution in [0.1, 0.15) is 4.88 Å². The highest BCUT2D eigenvalue weighted by Crippen LogP contribution is 2.12. The summed E-state index contributed by atoms with van der Waals surface area (Å²) in [5.74, 6) is 0. The van der Waals surface area contributed by atoms with E-state index in [2.05, 4.69) is 16.6 Å². The molecule has 0 unspecified atom stereocenters. The number of aliphatic imine (C=N–C) groups is 2. The van der Waals surface area contributed by atoms with E-state index in [0.29, 0.717) is 0 Å². The molecular formula is C10H12N2S2. The molecule has 0 aromatic carbocycles. The minimum absolute atomic E-state index is 0.772. The van der Waals surface area contributed by atoms with Gasteiger partial charge in [0, 0.05) is 7.05 Å². The summed E-state index contributed by atoms with van der Waals surface area (Å²) in [6.07, 6.45) is 3.72. The van der Waals surface area contributed by atoms with E-state index in [4.69, 9.17) is 0 Å². The van der Waals surface area contributed by atoms with Crippen LogP contribution in [0.25, 0.3) is 0 Å². The van der Waals surface area contributed by atoms with Gasteiger partial charge in [0.1, 0.15) is 0 Å². The lowest BCUT2D eigenvalue weighted by atomic mass is 10.3. The Kier molecular flexibility index (Phi) is 4.62. The molecule has 1 aromatic rings. The molecule has 2 nitrogen and oxygen atoms in total. The molecular weight excluding hydrogens is 212 g/mol. The van der Waals surface area contributed by atoms with Crippen LogP contribution in [0.2, 0.25) is 0 Å². The van der Waals surface area contributed by atoms with E-state index in [9.17, 15) is 0 Å². The van der Waals surface area contributed by atoms with Gasteiger partial charge < -0.3 is 0 Å². The van der Waals surface area contributed by atoms with Crippen LogP contribution in [0.15, 0.2) is 40.2 Å². The van der Waals surface area contributed by atoms with Crippen molar-refractivity contribution in [1.82, 2.24) is 0 Å². The van der Waals surface area contributed by atoms with Gasteiger partial charge in [-0.25, -0.2) is 4.99 Å². The zero-order chi connectivity index (χ0) is 10.4. The Morgan fingerprint density at radius 1 is 1.64 bits per heavy atom. The highest BCUT2D eigenvalue weighted by molar-refractivity contribution is 8.13. The first-order chi connectivity index (χ1) is 6.81. The quantitative estimate of drug-likeness (QED) is 0.559. The summed E-state index contributed by atoms with van der Waals surface area (Å²) >= 11 is 3.18. The molecule has 0 bridgehead atoms. The molecule has 0 fully saturated rings. The number of hydrogen-bond donors (Lipinski definition) is 0. The van der Waals surface area contributed by atoms with Gasteiger partial charge in [0.15, 0.2) is 5.17 Å². The number of hydrogen-bond acceptors (Lipinski definition) is 3. The minimum atomic E-state index is 0.772. The van der Waals surface area contributed by atoms with Crippen LogP contribution < -0.4 is 0 Å². The van der Waals surface area contributed by atoms with Gasteiger partial charge in [-0.15, -0.1) is 11.3 Å². The Hall–Kier alpha value is -0.870. The smallest absolute Gasteiger partial charge is 0.182 e. The maximum absolute atomic E-state index is 4.40. The summed E-state index contributed by atoms with van der Waals surface area (Å²) in [4.78, 5) is 9.57. The van der Waals surface area contributed by atoms with Crippen molar-refractivity contribution in [1.29, 1.82) is 0 Å². The molecule has 0 amide bonds. The highest BCUT2D eigenvalue weighted by Gasteiger charge is 2.01. The van der Waals surface area contributed by atoms with Crippen molar-refractivity contribution in [3.63, 3.8) is 0 Å². The Bertz CT molecular complexity index is 350. The number of nitrogens with zero attached hydrogens (tertiary/aromatic N) is 2. The normalized spacial score (nSPS) is 13.0. The third-order valence-electron chi connectivity index (χ3n) is 1.56. The van der Waals surface area contributed by atoms with E-state index >= 15 is 0 Å². The number of thiophene rings is 1. The van der Waals surface area contributed by atoms with E-state index in [0.717, 1.165) is 15.8 Å². The monoisotopic (exact) mass is 224 g/mol. The topological polar surface area (TPSA) is 24.7 Å². The first-order valence-electron chi connectivity index (χ1n) is 4.07. The summed E-state index contributed by atoms with van der Waals surface area (Å²) in [5.41, 5.74) is 0.884. The summed E-state index contributed by atoms with van der Waals surface area (Å²) in [7, 11) is 1.74. The van der Waals surface area contributed by atoms with E-state index in [1.807, 2.05) is 23.8 Å². The van der Waals surface area contributed by atoms with Gasteiger partial charge >= 0.3 is 0 Å². The second-order valence-electron chi connectivity index (χ2n) is 2.39. The van der Waals surface area contributed by atoms with Crippen molar-refractivity contribution in [2.24, 2.45) is 9.98 Å². The van der Waals surface area contributed by atoms with E-state index in [-0.39, 0.29) is 0 Å². The molecule has 0 spiro atoms. The number of allylic oxidation sites excluding steroid dienone is 1. The molecule has 74 valence electrons. The molecule has 1 rings (SSSR count). The lowest BCUT2D eigenvalue weighted by Gasteiger charge is -1.98. The summed E-state index contributed by atoms with van der Waals surface area (Å²) in [6.45, 7) is 3.75. The average molecular weight is 224 g/mol. The molecule has 4 heteroatoms. The van der Waals surface area contributed by atoms with Gasteiger partial charge in [-0.3, -0.25) is 4.99 Å². The lowest BCUT2D eigenvalue weighted by molar-refractivity contribution is 1.43. The summed E-state index contributed by atoms with van der Waals surface area (Å²) < 4.78 is 0. The lowest BCUT2D eigenvalue weighted by Crippen LogP contribution is -1.97. The van der Waals surface area contributed by atoms with Crippen LogP contribution in [0.5, 0.6) is 0 Å². The van der Waals surface area contributed by atoms with Crippen molar-refractivity contribution in [3.8, 4) is 0 Å². The van der Waals surface area contributed by atoms with Gasteiger partial charge in [-0.2, -0.15) is 0 Å². The van der Waals surface area contributed by atoms with E-state index < -0.39 is 0 Å². The maximum atomic E-state index is 4.40. The molecule has 0 saturated heterocycles. The fourth-order valence-electron chi connectivity index (χ4n) is 0.916. The molecule has 0 radical (unpaired) electrons. The summed E-state index contributed by atoms with van der Waals surface area (Å²) in [5, 5.41) is 2.80. The predicted molar refractivity (Wildman–Crippen MR) is 67.9 cm³/mol. The van der Waals surface area contributed by atoms with Crippen LogP contribution in [0.3, 0.4) is 0 Å². The van der Waals surface area contributed by atoms with Crippen molar-refractivity contribution in [2.75, 3.05) is 13.3 Å². The molecule has 1 heterocycles. The largest absolute Gasteiger partial charge is 0.264 e. The van der Waals surface area contributed by atoms with Crippen LogP contribution in [-0.2, 0) is 0 Å². The third-order valence-corrected chi connectivity index (χ3v) is 3.09. The number of amidine groups is 1. The SMILES string of the molecule is C=C/C(=N\C(=NC)SC)c1cccs1. The molecule has 0 atom stereocenters. The number of thioether (sulfide) groups is 1. The maximum Gasteiger partial charge on any atom is 0.182 e. The van der Waals surface area contributed by atoms with Gasteiger partial charge in [0.2, 0.25) is 0 Å². The predicted octanol–water partition coefficient (Wildman–Crippen LogP) is 3.07. The van der Waals surface area contributed by atoms with Gasteiger partial charge in [0.05, 0.1) is 10.6 Å². The zero-order valence-electron chi connectivity index (χ0n) is 8.23. The van der Waals surface area contributed by atoms with Gasteiger partial charge in [-0.1, -0.05) is 24.4 Å². The van der Waals surface area contributed by atoms with Crippen LogP contribution in [-0.4, -0.2) is 24.2 Å². The van der Waals surface area contributed by atoms with E-state index in [1.54, 1.807) is 24.5 Å². The van der Waals surface area contributed by atoms with Crippen molar-refractivity contribution < 1.29 is 0 Å². The number of rotatable bonds is 2. The molecule has 0 N–H and O–H groups in total. The molecule has 0 aliphatic rings. The summed E-state index contributed by atoms with van der Waals surface area (Å²) in [6, 6.07) is 4.03. The molecule has 0 saturated carbocycles. The van der Waals surface area contributed by atoms with Crippen molar-refractivity contribution >= 4 is 34.0 Å². The Balaban J connectivity index is 2.98. The minimum Gasteiger partial charge on any atom is -0.264 e. The Morgan fingerprint density at radius 2 is 2.43 bits per heavy atom. The average Bonchev–Trinajstić information content (AvgIpc) is 2.73. The second kappa shape index (κ2) is 5.78. The Morgan fingerprint density at radius 3 is 2.86 bits per heavy atom. The molecule has 14 heavy (non-hydrogen) atoms. The first-order valence-corrected chi connectivity index (χ1v) is 6.18. The van der Waals surface area contributed by atoms with Crippen molar-refractivity contribution in [2.45, 2.75) is 0 Å².